The Morgan fingerprint density at radius 3 is 2.57 bits per heavy atom. The van der Waals surface area contributed by atoms with Crippen LogP contribution in [-0.4, -0.2) is 64.6 Å². The van der Waals surface area contributed by atoms with E-state index in [1.165, 1.54) is 4.90 Å². The van der Waals surface area contributed by atoms with Crippen LogP contribution in [0, 0.1) is 5.92 Å². The van der Waals surface area contributed by atoms with Crippen LogP contribution in [0.3, 0.4) is 0 Å². The average Bonchev–Trinajstić information content (AvgIpc) is 3.39. The Bertz CT molecular complexity index is 682. The Balaban J connectivity index is 2.00. The van der Waals surface area contributed by atoms with Gasteiger partial charge in [0.05, 0.1) is 13.2 Å². The number of rotatable bonds is 10. The molecule has 3 amide bonds. The van der Waals surface area contributed by atoms with Crippen LogP contribution < -0.4 is 5.32 Å². The lowest BCUT2D eigenvalue weighted by atomic mass is 10.2. The number of hydrogen-bond acceptors (Lipinski definition) is 4. The summed E-state index contributed by atoms with van der Waals surface area (Å²) in [5, 5.41) is 2.55. The number of urea groups is 1. The van der Waals surface area contributed by atoms with Crippen molar-refractivity contribution in [1.29, 1.82) is 0 Å². The Morgan fingerprint density at radius 1 is 1.32 bits per heavy atom. The number of amides is 3. The van der Waals surface area contributed by atoms with Gasteiger partial charge in [-0.05, 0) is 37.8 Å². The van der Waals surface area contributed by atoms with E-state index in [1.54, 1.807) is 6.92 Å². The van der Waals surface area contributed by atoms with Gasteiger partial charge in [-0.3, -0.25) is 9.59 Å². The Kier molecular flexibility index (Phi) is 7.90. The van der Waals surface area contributed by atoms with Crippen LogP contribution in [-0.2, 0) is 27.9 Å². The van der Waals surface area contributed by atoms with Crippen molar-refractivity contribution in [3.8, 4) is 0 Å². The minimum absolute atomic E-state index is 0.00619. The van der Waals surface area contributed by atoms with E-state index in [4.69, 9.17) is 4.74 Å². The van der Waals surface area contributed by atoms with Crippen molar-refractivity contribution in [3.05, 3.63) is 24.0 Å². The number of nitrogens with zero attached hydrogens (tertiary/aromatic N) is 3. The van der Waals surface area contributed by atoms with E-state index in [-0.39, 0.29) is 37.6 Å². The number of aryl methyl sites for hydroxylation is 1. The molecule has 1 fully saturated rings. The van der Waals surface area contributed by atoms with Gasteiger partial charge in [0.25, 0.3) is 0 Å². The van der Waals surface area contributed by atoms with Crippen molar-refractivity contribution in [1.82, 2.24) is 19.7 Å². The monoisotopic (exact) mass is 392 g/mol. The summed E-state index contributed by atoms with van der Waals surface area (Å²) in [7, 11) is 1.96. The maximum atomic E-state index is 13.0. The van der Waals surface area contributed by atoms with Crippen molar-refractivity contribution < 1.29 is 19.1 Å². The quantitative estimate of drug-likeness (QED) is 0.615. The molecular weight excluding hydrogens is 360 g/mol. The maximum absolute atomic E-state index is 13.0. The second kappa shape index (κ2) is 10.1. The summed E-state index contributed by atoms with van der Waals surface area (Å²) in [5.41, 5.74) is 1.06. The Morgan fingerprint density at radius 2 is 2.04 bits per heavy atom. The van der Waals surface area contributed by atoms with E-state index in [0.717, 1.165) is 18.5 Å². The number of carbonyl (C=O) groups excluding carboxylic acids is 3. The summed E-state index contributed by atoms with van der Waals surface area (Å²) < 4.78 is 6.83. The van der Waals surface area contributed by atoms with Gasteiger partial charge in [0.15, 0.2) is 0 Å². The van der Waals surface area contributed by atoms with Crippen molar-refractivity contribution in [2.75, 3.05) is 26.2 Å². The maximum Gasteiger partial charge on any atom is 0.325 e. The average molecular weight is 393 g/mol. The van der Waals surface area contributed by atoms with Crippen LogP contribution in [0.25, 0.3) is 0 Å². The third-order valence-corrected chi connectivity index (χ3v) is 4.58. The van der Waals surface area contributed by atoms with Crippen LogP contribution in [0.15, 0.2) is 18.3 Å². The molecule has 1 heterocycles. The Labute approximate surface area is 166 Å². The van der Waals surface area contributed by atoms with E-state index in [9.17, 15) is 14.4 Å². The van der Waals surface area contributed by atoms with Gasteiger partial charge in [-0.1, -0.05) is 13.8 Å². The number of hydrogen-bond donors (Lipinski definition) is 1. The summed E-state index contributed by atoms with van der Waals surface area (Å²) in [5.74, 6) is -0.367. The summed E-state index contributed by atoms with van der Waals surface area (Å²) in [6.07, 6.45) is 3.95. The predicted molar refractivity (Wildman–Crippen MR) is 105 cm³/mol. The van der Waals surface area contributed by atoms with Gasteiger partial charge in [0.2, 0.25) is 5.91 Å². The lowest BCUT2D eigenvalue weighted by Crippen LogP contribution is -2.49. The van der Waals surface area contributed by atoms with Gasteiger partial charge in [-0.2, -0.15) is 0 Å². The van der Waals surface area contributed by atoms with Crippen LogP contribution >= 0.6 is 0 Å². The molecule has 0 aliphatic heterocycles. The second-order valence-electron chi connectivity index (χ2n) is 7.60. The first kappa shape index (κ1) is 21.8. The summed E-state index contributed by atoms with van der Waals surface area (Å²) in [6.45, 7) is 6.70. The van der Waals surface area contributed by atoms with E-state index in [1.807, 2.05) is 48.7 Å². The largest absolute Gasteiger partial charge is 0.465 e. The van der Waals surface area contributed by atoms with Crippen molar-refractivity contribution in [2.24, 2.45) is 13.0 Å². The van der Waals surface area contributed by atoms with E-state index in [0.29, 0.717) is 13.1 Å². The highest BCUT2D eigenvalue weighted by atomic mass is 16.5. The zero-order chi connectivity index (χ0) is 20.7. The molecule has 0 atom stereocenters. The van der Waals surface area contributed by atoms with Gasteiger partial charge in [-0.15, -0.1) is 0 Å². The number of esters is 1. The molecule has 1 aromatic rings. The van der Waals surface area contributed by atoms with Crippen LogP contribution in [0.2, 0.25) is 0 Å². The smallest absolute Gasteiger partial charge is 0.325 e. The normalized spacial score (nSPS) is 13.3. The Hall–Kier alpha value is -2.51. The van der Waals surface area contributed by atoms with Gasteiger partial charge in [0.1, 0.15) is 13.1 Å². The fraction of sp³-hybridized carbons (Fsp3) is 0.650. The standard InChI is InChI=1S/C20H32N4O4/c1-5-28-19(26)11-21-20(27)23(12-15(2)3)14-18(25)24(16-8-9-16)13-17-7-6-10-22(17)4/h6-7,10,15-16H,5,8-9,11-14H2,1-4H3,(H,21,27). The molecule has 2 rings (SSSR count). The highest BCUT2D eigenvalue weighted by molar-refractivity contribution is 5.86. The number of carbonyl (C=O) groups is 3. The highest BCUT2D eigenvalue weighted by Crippen LogP contribution is 2.28. The zero-order valence-electron chi connectivity index (χ0n) is 17.3. The van der Waals surface area contributed by atoms with Gasteiger partial charge in [0, 0.05) is 31.5 Å². The molecule has 0 aromatic carbocycles. The summed E-state index contributed by atoms with van der Waals surface area (Å²) in [6, 6.07) is 3.77. The summed E-state index contributed by atoms with van der Waals surface area (Å²) >= 11 is 0. The molecule has 0 unspecified atom stereocenters. The molecule has 1 aromatic heterocycles. The number of ether oxygens (including phenoxy) is 1. The molecule has 28 heavy (non-hydrogen) atoms. The number of aromatic nitrogens is 1. The minimum atomic E-state index is -0.491. The molecule has 0 radical (unpaired) electrons. The zero-order valence-corrected chi connectivity index (χ0v) is 17.3. The van der Waals surface area contributed by atoms with Gasteiger partial charge < -0.3 is 24.4 Å². The van der Waals surface area contributed by atoms with E-state index < -0.39 is 12.0 Å². The predicted octanol–water partition coefficient (Wildman–Crippen LogP) is 1.75. The lowest BCUT2D eigenvalue weighted by molar-refractivity contribution is -0.141. The fourth-order valence-corrected chi connectivity index (χ4v) is 3.03. The molecule has 0 bridgehead atoms. The topological polar surface area (TPSA) is 83.9 Å². The third kappa shape index (κ3) is 6.58. The van der Waals surface area contributed by atoms with Crippen molar-refractivity contribution >= 4 is 17.9 Å². The minimum Gasteiger partial charge on any atom is -0.465 e. The van der Waals surface area contributed by atoms with Gasteiger partial charge >= 0.3 is 12.0 Å². The molecule has 1 aliphatic carbocycles. The van der Waals surface area contributed by atoms with E-state index in [2.05, 4.69) is 5.32 Å². The molecule has 1 saturated carbocycles. The van der Waals surface area contributed by atoms with Gasteiger partial charge in [-0.25, -0.2) is 4.79 Å². The van der Waals surface area contributed by atoms with Crippen LogP contribution in [0.1, 0.15) is 39.3 Å². The molecule has 0 saturated heterocycles. The second-order valence-corrected chi connectivity index (χ2v) is 7.60. The van der Waals surface area contributed by atoms with E-state index >= 15 is 0 Å². The highest BCUT2D eigenvalue weighted by Gasteiger charge is 2.34. The fourth-order valence-electron chi connectivity index (χ4n) is 3.03. The molecule has 0 spiro atoms. The number of nitrogens with one attached hydrogen (secondary N) is 1. The SMILES string of the molecule is CCOC(=O)CNC(=O)N(CC(=O)N(Cc1cccn1C)C1CC1)CC(C)C. The summed E-state index contributed by atoms with van der Waals surface area (Å²) in [4.78, 5) is 40.4. The molecular formula is C20H32N4O4. The third-order valence-electron chi connectivity index (χ3n) is 4.58. The van der Waals surface area contributed by atoms with Crippen molar-refractivity contribution in [3.63, 3.8) is 0 Å². The molecule has 8 nitrogen and oxygen atoms in total. The van der Waals surface area contributed by atoms with Crippen LogP contribution in [0.4, 0.5) is 4.79 Å². The first-order valence-electron chi connectivity index (χ1n) is 9.89. The molecule has 1 aliphatic rings. The van der Waals surface area contributed by atoms with Crippen molar-refractivity contribution in [2.45, 2.75) is 46.2 Å². The molecule has 8 heteroatoms. The van der Waals surface area contributed by atoms with Crippen LogP contribution in [0.5, 0.6) is 0 Å². The molecule has 1 N–H and O–H groups in total. The first-order chi connectivity index (χ1) is 13.3. The lowest BCUT2D eigenvalue weighted by Gasteiger charge is -2.29. The molecule has 156 valence electrons. The first-order valence-corrected chi connectivity index (χ1v) is 9.89.